The Kier molecular flexibility index (Phi) is 1.79. The highest BCUT2D eigenvalue weighted by atomic mass is 35.5. The minimum atomic E-state index is -3.31. The lowest BCUT2D eigenvalue weighted by atomic mass is 10.1. The molecule has 0 spiro atoms. The van der Waals surface area contributed by atoms with Gasteiger partial charge in [-0.25, -0.2) is 0 Å². The van der Waals surface area contributed by atoms with E-state index >= 15 is 0 Å². The summed E-state index contributed by atoms with van der Waals surface area (Å²) in [6.07, 6.45) is 1.56. The van der Waals surface area contributed by atoms with Crippen LogP contribution < -0.4 is 0 Å². The highest BCUT2D eigenvalue weighted by Gasteiger charge is 2.41. The quantitative estimate of drug-likeness (QED) is 0.581. The minimum Gasteiger partial charge on any atom is -0.382 e. The molecule has 1 aliphatic carbocycles. The summed E-state index contributed by atoms with van der Waals surface area (Å²) in [5, 5.41) is 8.02. The molecule has 1 nitrogen and oxygen atoms in total. The van der Waals surface area contributed by atoms with Gasteiger partial charge in [-0.05, 0) is 12.2 Å². The molecule has 56 valence electrons. The van der Waals surface area contributed by atoms with E-state index in [4.69, 9.17) is 16.7 Å². The Balaban J connectivity index is 2.93. The molecule has 0 aromatic heterocycles. The van der Waals surface area contributed by atoms with Gasteiger partial charge in [-0.1, -0.05) is 17.7 Å². The number of allylic oxidation sites excluding steroid dienone is 2. The normalized spacial score (nSPS) is 30.0. The average molecular weight is 167 g/mol. The van der Waals surface area contributed by atoms with E-state index in [2.05, 4.69) is 0 Å². The predicted molar refractivity (Wildman–Crippen MR) is 34.0 cm³/mol. The minimum absolute atomic E-state index is 0.623. The van der Waals surface area contributed by atoms with E-state index in [1.54, 1.807) is 0 Å². The van der Waals surface area contributed by atoms with Crippen molar-refractivity contribution in [1.82, 2.24) is 0 Å². The summed E-state index contributed by atoms with van der Waals surface area (Å²) in [5.74, 6) is -3.31. The van der Waals surface area contributed by atoms with Crippen molar-refractivity contribution in [3.05, 3.63) is 23.3 Å². The highest BCUT2D eigenvalue weighted by Crippen LogP contribution is 2.33. The van der Waals surface area contributed by atoms with Crippen molar-refractivity contribution in [2.24, 2.45) is 0 Å². The summed E-state index contributed by atoms with van der Waals surface area (Å²) in [4.78, 5) is 0. The molecular weight excluding hydrogens is 162 g/mol. The molecule has 1 unspecified atom stereocenters. The number of aliphatic hydroxyl groups excluding tert-OH is 1. The first-order valence-electron chi connectivity index (χ1n) is 2.65. The van der Waals surface area contributed by atoms with E-state index in [1.807, 2.05) is 0 Å². The van der Waals surface area contributed by atoms with E-state index < -0.39 is 17.1 Å². The summed E-state index contributed by atoms with van der Waals surface area (Å²) in [7, 11) is 0. The molecule has 1 atom stereocenters. The molecule has 0 aromatic rings. The van der Waals surface area contributed by atoms with Crippen molar-refractivity contribution in [3.8, 4) is 0 Å². The van der Waals surface area contributed by atoms with Gasteiger partial charge in [-0.15, -0.1) is 0 Å². The van der Waals surface area contributed by atoms with Crippen LogP contribution in [-0.4, -0.2) is 17.1 Å². The van der Waals surface area contributed by atoms with E-state index in [0.29, 0.717) is 0 Å². The number of alkyl halides is 2. The van der Waals surface area contributed by atoms with Crippen molar-refractivity contribution < 1.29 is 13.9 Å². The fourth-order valence-corrected chi connectivity index (χ4v) is 0.803. The van der Waals surface area contributed by atoms with E-state index in [1.165, 1.54) is 6.08 Å². The summed E-state index contributed by atoms with van der Waals surface area (Å²) < 4.78 is 25.0. The van der Waals surface area contributed by atoms with E-state index in [0.717, 1.165) is 12.2 Å². The van der Waals surface area contributed by atoms with Crippen LogP contribution in [0.1, 0.15) is 0 Å². The number of aliphatic hydroxyl groups is 1. The number of halogens is 3. The van der Waals surface area contributed by atoms with Crippen LogP contribution in [0, 0.1) is 0 Å². The van der Waals surface area contributed by atoms with Gasteiger partial charge in [-0.3, -0.25) is 0 Å². The van der Waals surface area contributed by atoms with E-state index in [-0.39, 0.29) is 0 Å². The number of rotatable bonds is 0. The first kappa shape index (κ1) is 7.69. The van der Waals surface area contributed by atoms with Crippen molar-refractivity contribution in [2.45, 2.75) is 12.0 Å². The van der Waals surface area contributed by atoms with Crippen LogP contribution in [0.3, 0.4) is 0 Å². The van der Waals surface area contributed by atoms with Gasteiger partial charge in [0.1, 0.15) is 6.10 Å². The first-order valence-corrected chi connectivity index (χ1v) is 3.03. The molecule has 10 heavy (non-hydrogen) atoms. The molecule has 0 saturated carbocycles. The highest BCUT2D eigenvalue weighted by molar-refractivity contribution is 6.30. The Morgan fingerprint density at radius 3 is 2.60 bits per heavy atom. The molecule has 1 aliphatic rings. The van der Waals surface area contributed by atoms with Gasteiger partial charge in [0.2, 0.25) is 0 Å². The van der Waals surface area contributed by atoms with Gasteiger partial charge in [0.15, 0.2) is 0 Å². The number of hydrogen-bond acceptors (Lipinski definition) is 1. The number of hydrogen-bond donors (Lipinski definition) is 1. The van der Waals surface area contributed by atoms with E-state index in [9.17, 15) is 8.78 Å². The van der Waals surface area contributed by atoms with Crippen LogP contribution in [-0.2, 0) is 0 Å². The van der Waals surface area contributed by atoms with Crippen LogP contribution in [0.5, 0.6) is 0 Å². The van der Waals surface area contributed by atoms with Gasteiger partial charge >= 0.3 is 5.92 Å². The SMILES string of the molecule is OC1C=CC=C(Cl)C1(F)F. The molecule has 0 saturated heterocycles. The maximum absolute atomic E-state index is 12.5. The topological polar surface area (TPSA) is 20.2 Å². The lowest BCUT2D eigenvalue weighted by Crippen LogP contribution is -2.33. The molecule has 0 amide bonds. The molecule has 0 heterocycles. The Morgan fingerprint density at radius 1 is 1.60 bits per heavy atom. The fourth-order valence-electron chi connectivity index (χ4n) is 0.619. The zero-order chi connectivity index (χ0) is 7.78. The molecule has 0 aromatic carbocycles. The zero-order valence-electron chi connectivity index (χ0n) is 4.89. The average Bonchev–Trinajstić information content (AvgIpc) is 1.84. The maximum atomic E-state index is 12.5. The van der Waals surface area contributed by atoms with Crippen molar-refractivity contribution in [3.63, 3.8) is 0 Å². The van der Waals surface area contributed by atoms with Gasteiger partial charge in [-0.2, -0.15) is 8.78 Å². The zero-order valence-corrected chi connectivity index (χ0v) is 5.65. The van der Waals surface area contributed by atoms with Crippen LogP contribution in [0.4, 0.5) is 8.78 Å². The monoisotopic (exact) mass is 166 g/mol. The molecule has 0 fully saturated rings. The molecular formula is C6H5ClF2O. The molecule has 0 radical (unpaired) electrons. The van der Waals surface area contributed by atoms with Gasteiger partial charge in [0, 0.05) is 0 Å². The third kappa shape index (κ3) is 1.07. The van der Waals surface area contributed by atoms with Gasteiger partial charge < -0.3 is 5.11 Å². The molecule has 0 bridgehead atoms. The third-order valence-electron chi connectivity index (χ3n) is 1.23. The van der Waals surface area contributed by atoms with Crippen LogP contribution in [0.2, 0.25) is 0 Å². The largest absolute Gasteiger partial charge is 0.382 e. The second kappa shape index (κ2) is 2.32. The van der Waals surface area contributed by atoms with Crippen LogP contribution in [0.15, 0.2) is 23.3 Å². The fraction of sp³-hybridized carbons (Fsp3) is 0.333. The molecule has 1 rings (SSSR count). The first-order chi connectivity index (χ1) is 4.55. The summed E-state index contributed by atoms with van der Waals surface area (Å²) in [5.41, 5.74) is 0. The Bertz CT molecular complexity index is 198. The van der Waals surface area contributed by atoms with Crippen molar-refractivity contribution in [1.29, 1.82) is 0 Å². The smallest absolute Gasteiger partial charge is 0.312 e. The Hall–Kier alpha value is -0.410. The van der Waals surface area contributed by atoms with Crippen LogP contribution >= 0.6 is 11.6 Å². The molecule has 4 heteroatoms. The lowest BCUT2D eigenvalue weighted by molar-refractivity contribution is -0.0503. The Morgan fingerprint density at radius 2 is 2.20 bits per heavy atom. The second-order valence-electron chi connectivity index (χ2n) is 1.97. The van der Waals surface area contributed by atoms with Crippen molar-refractivity contribution in [2.75, 3.05) is 0 Å². The molecule has 0 aliphatic heterocycles. The summed E-state index contributed by atoms with van der Waals surface area (Å²) >= 11 is 5.10. The van der Waals surface area contributed by atoms with Crippen molar-refractivity contribution >= 4 is 11.6 Å². The van der Waals surface area contributed by atoms with Crippen LogP contribution in [0.25, 0.3) is 0 Å². The standard InChI is InChI=1S/C6H5ClF2O/c7-4-2-1-3-5(10)6(4,8)9/h1-3,5,10H. The lowest BCUT2D eigenvalue weighted by Gasteiger charge is -2.21. The van der Waals surface area contributed by atoms with Gasteiger partial charge in [0.05, 0.1) is 5.03 Å². The predicted octanol–water partition coefficient (Wildman–Crippen LogP) is 1.68. The molecule has 1 N–H and O–H groups in total. The second-order valence-corrected chi connectivity index (χ2v) is 2.37. The third-order valence-corrected chi connectivity index (χ3v) is 1.60. The summed E-state index contributed by atoms with van der Waals surface area (Å²) in [6.45, 7) is 0. The summed E-state index contributed by atoms with van der Waals surface area (Å²) in [6, 6.07) is 0. The Labute approximate surface area is 61.6 Å². The van der Waals surface area contributed by atoms with Gasteiger partial charge in [0.25, 0.3) is 0 Å². The maximum Gasteiger partial charge on any atom is 0.312 e.